The molecule has 0 heterocycles. The summed E-state index contributed by atoms with van der Waals surface area (Å²) in [6.07, 6.45) is 4.01. The molecule has 1 rings (SSSR count). The standard InChI is InChI=1S/C13H19ClFN/c1-3-4-6-10(16-2)9-11-12(14)7-5-8-13(11)15/h5,7-8,10,16H,3-4,6,9H2,1-2H3. The zero-order chi connectivity index (χ0) is 12.0. The summed E-state index contributed by atoms with van der Waals surface area (Å²) >= 11 is 6.00. The van der Waals surface area contributed by atoms with Crippen molar-refractivity contribution < 1.29 is 4.39 Å². The second-order valence-corrected chi connectivity index (χ2v) is 4.44. The first-order valence-corrected chi connectivity index (χ1v) is 6.17. The average Bonchev–Trinajstić information content (AvgIpc) is 2.28. The van der Waals surface area contributed by atoms with Crippen molar-refractivity contribution in [3.8, 4) is 0 Å². The van der Waals surface area contributed by atoms with Crippen LogP contribution in [0.25, 0.3) is 0 Å². The molecule has 0 fully saturated rings. The molecule has 0 saturated heterocycles. The lowest BCUT2D eigenvalue weighted by Crippen LogP contribution is -2.28. The summed E-state index contributed by atoms with van der Waals surface area (Å²) in [7, 11) is 1.91. The van der Waals surface area contributed by atoms with Crippen LogP contribution in [0.5, 0.6) is 0 Å². The van der Waals surface area contributed by atoms with Gasteiger partial charge in [0.05, 0.1) is 0 Å². The molecule has 16 heavy (non-hydrogen) atoms. The van der Waals surface area contributed by atoms with Crippen LogP contribution in [0.4, 0.5) is 4.39 Å². The summed E-state index contributed by atoms with van der Waals surface area (Å²) < 4.78 is 13.6. The maximum absolute atomic E-state index is 13.6. The van der Waals surface area contributed by atoms with Crippen LogP contribution in [0.1, 0.15) is 31.7 Å². The highest BCUT2D eigenvalue weighted by Crippen LogP contribution is 2.21. The molecule has 0 aliphatic heterocycles. The number of hydrogen-bond donors (Lipinski definition) is 1. The monoisotopic (exact) mass is 243 g/mol. The molecule has 0 aliphatic carbocycles. The van der Waals surface area contributed by atoms with Crippen molar-refractivity contribution in [3.05, 3.63) is 34.6 Å². The number of nitrogens with one attached hydrogen (secondary N) is 1. The fourth-order valence-corrected chi connectivity index (χ4v) is 2.01. The Bertz CT molecular complexity index is 307. The van der Waals surface area contributed by atoms with E-state index in [0.29, 0.717) is 23.0 Å². The first kappa shape index (κ1) is 13.5. The molecule has 0 spiro atoms. The van der Waals surface area contributed by atoms with E-state index < -0.39 is 0 Å². The largest absolute Gasteiger partial charge is 0.317 e. The maximum atomic E-state index is 13.6. The van der Waals surface area contributed by atoms with E-state index in [-0.39, 0.29) is 5.82 Å². The van der Waals surface area contributed by atoms with E-state index in [1.54, 1.807) is 12.1 Å². The van der Waals surface area contributed by atoms with Gasteiger partial charge in [-0.05, 0) is 32.0 Å². The van der Waals surface area contributed by atoms with Gasteiger partial charge < -0.3 is 5.32 Å². The third-order valence-corrected chi connectivity index (χ3v) is 3.18. The van der Waals surface area contributed by atoms with Crippen LogP contribution >= 0.6 is 11.6 Å². The van der Waals surface area contributed by atoms with Crippen LogP contribution in [0, 0.1) is 5.82 Å². The zero-order valence-corrected chi connectivity index (χ0v) is 10.6. The summed E-state index contributed by atoms with van der Waals surface area (Å²) in [4.78, 5) is 0. The lowest BCUT2D eigenvalue weighted by atomic mass is 10.0. The van der Waals surface area contributed by atoms with E-state index in [4.69, 9.17) is 11.6 Å². The number of benzene rings is 1. The van der Waals surface area contributed by atoms with Gasteiger partial charge in [0.2, 0.25) is 0 Å². The molecule has 1 N–H and O–H groups in total. The summed E-state index contributed by atoms with van der Waals surface area (Å²) in [5, 5.41) is 3.74. The predicted octanol–water partition coefficient (Wildman–Crippen LogP) is 3.80. The second-order valence-electron chi connectivity index (χ2n) is 4.03. The molecule has 1 aromatic carbocycles. The van der Waals surface area contributed by atoms with Crippen LogP contribution in [0.15, 0.2) is 18.2 Å². The van der Waals surface area contributed by atoms with Crippen LogP contribution in [0.3, 0.4) is 0 Å². The Morgan fingerprint density at radius 3 is 2.75 bits per heavy atom. The van der Waals surface area contributed by atoms with Gasteiger partial charge in [-0.1, -0.05) is 37.4 Å². The predicted molar refractivity (Wildman–Crippen MR) is 67.5 cm³/mol. The number of likely N-dealkylation sites (N-methyl/N-ethyl adjacent to an activating group) is 1. The van der Waals surface area contributed by atoms with Gasteiger partial charge in [0.25, 0.3) is 0 Å². The molecule has 1 aromatic rings. The number of halogens is 2. The Hall–Kier alpha value is -0.600. The molecule has 90 valence electrons. The molecule has 0 bridgehead atoms. The van der Waals surface area contributed by atoms with E-state index in [9.17, 15) is 4.39 Å². The number of hydrogen-bond acceptors (Lipinski definition) is 1. The lowest BCUT2D eigenvalue weighted by Gasteiger charge is -2.17. The van der Waals surface area contributed by atoms with Gasteiger partial charge in [0.15, 0.2) is 0 Å². The highest BCUT2D eigenvalue weighted by molar-refractivity contribution is 6.31. The molecule has 1 atom stereocenters. The smallest absolute Gasteiger partial charge is 0.127 e. The molecule has 3 heteroatoms. The third-order valence-electron chi connectivity index (χ3n) is 2.83. The molecule has 0 amide bonds. The normalized spacial score (nSPS) is 12.8. The maximum Gasteiger partial charge on any atom is 0.127 e. The summed E-state index contributed by atoms with van der Waals surface area (Å²) in [6, 6.07) is 5.15. The lowest BCUT2D eigenvalue weighted by molar-refractivity contribution is 0.487. The van der Waals surface area contributed by atoms with Gasteiger partial charge in [-0.15, -0.1) is 0 Å². The minimum Gasteiger partial charge on any atom is -0.317 e. The third kappa shape index (κ3) is 3.76. The molecule has 0 saturated carbocycles. The summed E-state index contributed by atoms with van der Waals surface area (Å²) in [6.45, 7) is 2.16. The minimum absolute atomic E-state index is 0.204. The van der Waals surface area contributed by atoms with Crippen LogP contribution in [-0.4, -0.2) is 13.1 Å². The molecular formula is C13H19ClFN. The Labute approximate surface area is 102 Å². The first-order chi connectivity index (χ1) is 7.69. The van der Waals surface area contributed by atoms with Crippen molar-refractivity contribution in [2.75, 3.05) is 7.05 Å². The molecule has 1 nitrogen and oxygen atoms in total. The van der Waals surface area contributed by atoms with Crippen molar-refractivity contribution in [2.45, 2.75) is 38.6 Å². The van der Waals surface area contributed by atoms with E-state index in [0.717, 1.165) is 19.3 Å². The Balaban J connectivity index is 2.69. The van der Waals surface area contributed by atoms with Gasteiger partial charge in [-0.3, -0.25) is 0 Å². The zero-order valence-electron chi connectivity index (χ0n) is 9.89. The van der Waals surface area contributed by atoms with Crippen LogP contribution < -0.4 is 5.32 Å². The highest BCUT2D eigenvalue weighted by atomic mass is 35.5. The van der Waals surface area contributed by atoms with Gasteiger partial charge in [-0.25, -0.2) is 4.39 Å². The summed E-state index contributed by atoms with van der Waals surface area (Å²) in [5.74, 6) is -0.204. The van der Waals surface area contributed by atoms with Crippen molar-refractivity contribution >= 4 is 11.6 Å². The first-order valence-electron chi connectivity index (χ1n) is 5.79. The van der Waals surface area contributed by atoms with Crippen molar-refractivity contribution in [1.29, 1.82) is 0 Å². The quantitative estimate of drug-likeness (QED) is 0.802. The van der Waals surface area contributed by atoms with E-state index >= 15 is 0 Å². The fourth-order valence-electron chi connectivity index (χ4n) is 1.77. The second kappa shape index (κ2) is 6.87. The fraction of sp³-hybridized carbons (Fsp3) is 0.538. The molecule has 0 radical (unpaired) electrons. The van der Waals surface area contributed by atoms with Gasteiger partial charge in [0, 0.05) is 16.6 Å². The van der Waals surface area contributed by atoms with E-state index in [1.165, 1.54) is 6.07 Å². The SMILES string of the molecule is CCCCC(Cc1c(F)cccc1Cl)NC. The minimum atomic E-state index is -0.204. The Morgan fingerprint density at radius 2 is 2.19 bits per heavy atom. The van der Waals surface area contributed by atoms with Crippen LogP contribution in [-0.2, 0) is 6.42 Å². The van der Waals surface area contributed by atoms with Gasteiger partial charge >= 0.3 is 0 Å². The molecule has 1 unspecified atom stereocenters. The number of unbranched alkanes of at least 4 members (excludes halogenated alkanes) is 1. The van der Waals surface area contributed by atoms with Gasteiger partial charge in [0.1, 0.15) is 5.82 Å². The number of rotatable bonds is 6. The Morgan fingerprint density at radius 1 is 1.44 bits per heavy atom. The van der Waals surface area contributed by atoms with E-state index in [2.05, 4.69) is 12.2 Å². The van der Waals surface area contributed by atoms with Crippen molar-refractivity contribution in [2.24, 2.45) is 0 Å². The molecule has 0 aromatic heterocycles. The van der Waals surface area contributed by atoms with Crippen molar-refractivity contribution in [1.82, 2.24) is 5.32 Å². The molecule has 0 aliphatic rings. The summed E-state index contributed by atoms with van der Waals surface area (Å²) in [5.41, 5.74) is 0.625. The van der Waals surface area contributed by atoms with Crippen molar-refractivity contribution in [3.63, 3.8) is 0 Å². The Kier molecular flexibility index (Phi) is 5.78. The van der Waals surface area contributed by atoms with Crippen LogP contribution in [0.2, 0.25) is 5.02 Å². The average molecular weight is 244 g/mol. The van der Waals surface area contributed by atoms with Gasteiger partial charge in [-0.2, -0.15) is 0 Å². The topological polar surface area (TPSA) is 12.0 Å². The van der Waals surface area contributed by atoms with E-state index in [1.807, 2.05) is 7.05 Å². The highest BCUT2D eigenvalue weighted by Gasteiger charge is 2.12. The molecular weight excluding hydrogens is 225 g/mol.